The highest BCUT2D eigenvalue weighted by Gasteiger charge is 2.23. The van der Waals surface area contributed by atoms with Gasteiger partial charge in [-0.25, -0.2) is 0 Å². The molecule has 2 aromatic rings. The molecule has 0 spiro atoms. The molecule has 1 aliphatic rings. The van der Waals surface area contributed by atoms with Gasteiger partial charge in [-0.05, 0) is 17.5 Å². The fourth-order valence-corrected chi connectivity index (χ4v) is 3.86. The zero-order chi connectivity index (χ0) is 19.1. The Balaban J connectivity index is 1.37. The van der Waals surface area contributed by atoms with E-state index >= 15 is 0 Å². The Morgan fingerprint density at radius 2 is 1.96 bits per heavy atom. The number of aliphatic hydroxyl groups excluding tert-OH is 1. The van der Waals surface area contributed by atoms with Crippen molar-refractivity contribution in [1.82, 2.24) is 9.80 Å². The van der Waals surface area contributed by atoms with Crippen LogP contribution in [0.4, 0.5) is 0 Å². The summed E-state index contributed by atoms with van der Waals surface area (Å²) >= 11 is 1.48. The summed E-state index contributed by atoms with van der Waals surface area (Å²) in [7, 11) is 1.64. The van der Waals surface area contributed by atoms with Crippen molar-refractivity contribution < 1.29 is 19.4 Å². The number of methoxy groups -OCH3 is 1. The fourth-order valence-electron chi connectivity index (χ4n) is 3.17. The van der Waals surface area contributed by atoms with Crippen LogP contribution in [-0.4, -0.2) is 73.4 Å². The molecule has 2 heterocycles. The van der Waals surface area contributed by atoms with E-state index in [9.17, 15) is 9.90 Å². The Hall–Kier alpha value is -1.93. The molecule has 6 nitrogen and oxygen atoms in total. The van der Waals surface area contributed by atoms with Crippen LogP contribution in [0.5, 0.6) is 5.75 Å². The van der Waals surface area contributed by atoms with Crippen molar-refractivity contribution in [1.29, 1.82) is 0 Å². The van der Waals surface area contributed by atoms with Gasteiger partial charge in [0.1, 0.15) is 5.75 Å². The van der Waals surface area contributed by atoms with Crippen molar-refractivity contribution >= 4 is 17.2 Å². The molecule has 1 aliphatic heterocycles. The Bertz CT molecular complexity index is 715. The summed E-state index contributed by atoms with van der Waals surface area (Å²) in [5.41, 5.74) is 0.966. The first-order chi connectivity index (χ1) is 13.2. The van der Waals surface area contributed by atoms with E-state index in [4.69, 9.17) is 9.47 Å². The smallest absolute Gasteiger partial charge is 0.264 e. The molecule has 0 bridgehead atoms. The lowest BCUT2D eigenvalue weighted by atomic mass is 10.2. The predicted octanol–water partition coefficient (Wildman–Crippen LogP) is 2.09. The zero-order valence-electron chi connectivity index (χ0n) is 15.5. The third kappa shape index (κ3) is 5.52. The number of rotatable bonds is 8. The number of ether oxygens (including phenoxy) is 2. The second kappa shape index (κ2) is 9.85. The minimum Gasteiger partial charge on any atom is -0.496 e. The highest BCUT2D eigenvalue weighted by molar-refractivity contribution is 7.12. The van der Waals surface area contributed by atoms with Crippen LogP contribution in [0.2, 0.25) is 0 Å². The van der Waals surface area contributed by atoms with Gasteiger partial charge in [-0.2, -0.15) is 0 Å². The Morgan fingerprint density at radius 3 is 2.67 bits per heavy atom. The van der Waals surface area contributed by atoms with Gasteiger partial charge in [-0.3, -0.25) is 9.69 Å². The van der Waals surface area contributed by atoms with Crippen LogP contribution in [0.1, 0.15) is 15.2 Å². The third-order valence-corrected chi connectivity index (χ3v) is 5.48. The number of carbonyl (C=O) groups excluding carboxylic acids is 1. The minimum absolute atomic E-state index is 0.102. The van der Waals surface area contributed by atoms with Gasteiger partial charge in [0.05, 0.1) is 31.3 Å². The van der Waals surface area contributed by atoms with Crippen LogP contribution in [0.25, 0.3) is 0 Å². The lowest BCUT2D eigenvalue weighted by Crippen LogP contribution is -2.50. The monoisotopic (exact) mass is 390 g/mol. The second-order valence-electron chi connectivity index (χ2n) is 6.55. The number of nitrogens with zero attached hydrogens (tertiary/aromatic N) is 2. The summed E-state index contributed by atoms with van der Waals surface area (Å²) in [6, 6.07) is 11.5. The average molecular weight is 391 g/mol. The molecule has 1 aromatic carbocycles. The Kier molecular flexibility index (Phi) is 7.23. The molecule has 1 aromatic heterocycles. The average Bonchev–Trinajstić information content (AvgIpc) is 3.23. The standard InChI is InChI=1S/C20H26N2O4S/c1-25-18-6-3-2-5-16(18)14-26-15-17(23)13-21-8-10-22(11-9-21)20(24)19-7-4-12-27-19/h2-7,12,17,23H,8-11,13-15H2,1H3. The molecule has 1 unspecified atom stereocenters. The van der Waals surface area contributed by atoms with Gasteiger partial charge >= 0.3 is 0 Å². The molecule has 0 radical (unpaired) electrons. The molecule has 7 heteroatoms. The molecule has 27 heavy (non-hydrogen) atoms. The van der Waals surface area contributed by atoms with Crippen molar-refractivity contribution in [2.75, 3.05) is 46.4 Å². The first-order valence-corrected chi connectivity index (χ1v) is 9.98. The topological polar surface area (TPSA) is 62.2 Å². The van der Waals surface area contributed by atoms with Crippen LogP contribution in [0, 0.1) is 0 Å². The van der Waals surface area contributed by atoms with Gasteiger partial charge in [0, 0.05) is 38.3 Å². The van der Waals surface area contributed by atoms with E-state index in [0.29, 0.717) is 26.2 Å². The molecule has 1 atom stereocenters. The fraction of sp³-hybridized carbons (Fsp3) is 0.450. The first-order valence-electron chi connectivity index (χ1n) is 9.10. The van der Waals surface area contributed by atoms with Gasteiger partial charge in [-0.1, -0.05) is 24.3 Å². The predicted molar refractivity (Wildman–Crippen MR) is 105 cm³/mol. The maximum atomic E-state index is 12.4. The maximum absolute atomic E-state index is 12.4. The van der Waals surface area contributed by atoms with Crippen LogP contribution < -0.4 is 4.74 Å². The van der Waals surface area contributed by atoms with Gasteiger partial charge < -0.3 is 19.5 Å². The van der Waals surface area contributed by atoms with E-state index in [-0.39, 0.29) is 12.5 Å². The van der Waals surface area contributed by atoms with E-state index in [2.05, 4.69) is 4.90 Å². The van der Waals surface area contributed by atoms with Crippen molar-refractivity contribution in [3.63, 3.8) is 0 Å². The summed E-state index contributed by atoms with van der Waals surface area (Å²) in [6.45, 7) is 4.13. The van der Waals surface area contributed by atoms with Crippen molar-refractivity contribution in [3.05, 3.63) is 52.2 Å². The number of para-hydroxylation sites is 1. The van der Waals surface area contributed by atoms with Gasteiger partial charge in [-0.15, -0.1) is 11.3 Å². The maximum Gasteiger partial charge on any atom is 0.264 e. The molecule has 3 rings (SSSR count). The number of thiophene rings is 1. The second-order valence-corrected chi connectivity index (χ2v) is 7.50. The number of β-amino-alcohol motifs (C(OH)–C–C–N with tert-alkyl or cyclic N) is 1. The van der Waals surface area contributed by atoms with Crippen LogP contribution in [0.15, 0.2) is 41.8 Å². The molecule has 1 amide bonds. The minimum atomic E-state index is -0.556. The van der Waals surface area contributed by atoms with Crippen LogP contribution >= 0.6 is 11.3 Å². The lowest BCUT2D eigenvalue weighted by Gasteiger charge is -2.35. The summed E-state index contributed by atoms with van der Waals surface area (Å²) in [5, 5.41) is 12.2. The van der Waals surface area contributed by atoms with E-state index in [1.807, 2.05) is 46.7 Å². The number of hydrogen-bond donors (Lipinski definition) is 1. The molecule has 0 aliphatic carbocycles. The Labute approximate surface area is 163 Å². The third-order valence-electron chi connectivity index (χ3n) is 4.62. The first kappa shape index (κ1) is 19.8. The van der Waals surface area contributed by atoms with Gasteiger partial charge in [0.25, 0.3) is 5.91 Å². The van der Waals surface area contributed by atoms with E-state index in [0.717, 1.165) is 29.3 Å². The summed E-state index contributed by atoms with van der Waals surface area (Å²) in [4.78, 5) is 17.2. The number of carbonyl (C=O) groups is 1. The van der Waals surface area contributed by atoms with Crippen LogP contribution in [0.3, 0.4) is 0 Å². The summed E-state index contributed by atoms with van der Waals surface area (Å²) in [5.74, 6) is 0.892. The van der Waals surface area contributed by atoms with E-state index < -0.39 is 6.10 Å². The van der Waals surface area contributed by atoms with Crippen molar-refractivity contribution in [2.24, 2.45) is 0 Å². The largest absolute Gasteiger partial charge is 0.496 e. The highest BCUT2D eigenvalue weighted by Crippen LogP contribution is 2.18. The lowest BCUT2D eigenvalue weighted by molar-refractivity contribution is 0.00170. The van der Waals surface area contributed by atoms with E-state index in [1.165, 1.54) is 11.3 Å². The normalized spacial score (nSPS) is 16.3. The number of benzene rings is 1. The van der Waals surface area contributed by atoms with E-state index in [1.54, 1.807) is 7.11 Å². The van der Waals surface area contributed by atoms with Crippen molar-refractivity contribution in [2.45, 2.75) is 12.7 Å². The summed E-state index contributed by atoms with van der Waals surface area (Å²) in [6.07, 6.45) is -0.556. The van der Waals surface area contributed by atoms with Gasteiger partial charge in [0.15, 0.2) is 0 Å². The molecule has 1 fully saturated rings. The molecular weight excluding hydrogens is 364 g/mol. The SMILES string of the molecule is COc1ccccc1COCC(O)CN1CCN(C(=O)c2cccs2)CC1. The summed E-state index contributed by atoms with van der Waals surface area (Å²) < 4.78 is 11.0. The highest BCUT2D eigenvalue weighted by atomic mass is 32.1. The van der Waals surface area contributed by atoms with Gasteiger partial charge in [0.2, 0.25) is 0 Å². The molecule has 0 saturated carbocycles. The number of hydrogen-bond acceptors (Lipinski definition) is 6. The number of piperazine rings is 1. The Morgan fingerprint density at radius 1 is 1.19 bits per heavy atom. The molecule has 146 valence electrons. The molecule has 1 N–H and O–H groups in total. The molecular formula is C20H26N2O4S. The zero-order valence-corrected chi connectivity index (χ0v) is 16.4. The van der Waals surface area contributed by atoms with Crippen LogP contribution in [-0.2, 0) is 11.3 Å². The molecule has 1 saturated heterocycles. The number of amides is 1. The van der Waals surface area contributed by atoms with Crippen molar-refractivity contribution in [3.8, 4) is 5.75 Å². The number of aliphatic hydroxyl groups is 1. The quantitative estimate of drug-likeness (QED) is 0.748.